The topological polar surface area (TPSA) is 70.1 Å². The molecule has 2 amide bonds. The summed E-state index contributed by atoms with van der Waals surface area (Å²) in [7, 11) is 0. The van der Waals surface area contributed by atoms with E-state index < -0.39 is 17.1 Å². The monoisotopic (exact) mass is 486 g/mol. The minimum absolute atomic E-state index is 0.0346. The number of amides is 2. The number of hydrogen-bond acceptors (Lipinski definition) is 5. The summed E-state index contributed by atoms with van der Waals surface area (Å²) < 4.78 is 6.38. The quantitative estimate of drug-likeness (QED) is 0.688. The number of halogens is 1. The molecule has 1 atom stereocenters. The van der Waals surface area contributed by atoms with Crippen LogP contribution in [0.1, 0.15) is 63.7 Å². The minimum Gasteiger partial charge on any atom is -0.444 e. The number of piperazine rings is 1. The van der Waals surface area contributed by atoms with Gasteiger partial charge in [-0.05, 0) is 55.6 Å². The zero-order valence-corrected chi connectivity index (χ0v) is 19.9. The maximum atomic E-state index is 13.5. The van der Waals surface area contributed by atoms with Crippen LogP contribution in [0.5, 0.6) is 0 Å². The van der Waals surface area contributed by atoms with Crippen molar-refractivity contribution in [1.29, 1.82) is 0 Å². The summed E-state index contributed by atoms with van der Waals surface area (Å²) in [6.07, 6.45) is 3.95. The Morgan fingerprint density at radius 1 is 1.14 bits per heavy atom. The molecule has 0 bridgehead atoms. The van der Waals surface area contributed by atoms with Crippen molar-refractivity contribution in [3.63, 3.8) is 0 Å². The number of ether oxygens (including phenoxy) is 1. The van der Waals surface area contributed by atoms with Crippen LogP contribution in [0.2, 0.25) is 0 Å². The second-order valence-electron chi connectivity index (χ2n) is 9.06. The molecule has 0 radical (unpaired) electrons. The van der Waals surface area contributed by atoms with Crippen molar-refractivity contribution in [2.45, 2.75) is 70.0 Å². The third kappa shape index (κ3) is 5.52. The lowest BCUT2D eigenvalue weighted by molar-refractivity contribution is -0.143. The van der Waals surface area contributed by atoms with Crippen LogP contribution in [-0.4, -0.2) is 64.3 Å². The summed E-state index contributed by atoms with van der Waals surface area (Å²) in [6, 6.07) is 1.96. The van der Waals surface area contributed by atoms with Crippen LogP contribution in [0.25, 0.3) is 0 Å². The molecule has 1 aromatic rings. The van der Waals surface area contributed by atoms with E-state index in [0.717, 1.165) is 28.6 Å². The highest BCUT2D eigenvalue weighted by atomic mass is 79.9. The van der Waals surface area contributed by atoms with E-state index >= 15 is 0 Å². The Balaban J connectivity index is 1.72. The van der Waals surface area contributed by atoms with Crippen molar-refractivity contribution in [2.24, 2.45) is 0 Å². The Kier molecular flexibility index (Phi) is 6.95. The molecule has 1 aromatic heterocycles. The molecule has 1 saturated heterocycles. The summed E-state index contributed by atoms with van der Waals surface area (Å²) in [5.74, 6) is -0.584. The highest BCUT2D eigenvalue weighted by Gasteiger charge is 2.46. The fraction of sp³-hybridized carbons (Fsp3) is 0.714. The number of carbonyl (C=O) groups excluding carboxylic acids is 2. The van der Waals surface area contributed by atoms with Crippen molar-refractivity contribution >= 4 is 39.3 Å². The van der Waals surface area contributed by atoms with E-state index in [1.807, 2.05) is 32.2 Å². The van der Waals surface area contributed by atoms with Crippen molar-refractivity contribution in [3.8, 4) is 0 Å². The molecule has 29 heavy (non-hydrogen) atoms. The van der Waals surface area contributed by atoms with Gasteiger partial charge in [-0.15, -0.1) is 11.3 Å². The molecule has 3 rings (SSSR count). The fourth-order valence-corrected chi connectivity index (χ4v) is 5.81. The molecule has 162 valence electrons. The Morgan fingerprint density at radius 3 is 2.24 bits per heavy atom. The molecule has 0 spiro atoms. The molecule has 2 heterocycles. The minimum atomic E-state index is -0.998. The molecule has 0 aromatic carbocycles. The normalized spacial score (nSPS) is 21.0. The lowest BCUT2D eigenvalue weighted by atomic mass is 9.74. The molecule has 1 unspecified atom stereocenters. The summed E-state index contributed by atoms with van der Waals surface area (Å²) in [5, 5.41) is 13.4. The van der Waals surface area contributed by atoms with Gasteiger partial charge in [0.2, 0.25) is 5.91 Å². The van der Waals surface area contributed by atoms with E-state index in [1.165, 1.54) is 11.3 Å². The predicted octanol–water partition coefficient (Wildman–Crippen LogP) is 4.37. The summed E-state index contributed by atoms with van der Waals surface area (Å²) in [6.45, 7) is 7.34. The van der Waals surface area contributed by atoms with Gasteiger partial charge in [0.15, 0.2) is 0 Å². The highest BCUT2D eigenvalue weighted by molar-refractivity contribution is 9.10. The van der Waals surface area contributed by atoms with E-state index in [1.54, 1.807) is 9.80 Å². The summed E-state index contributed by atoms with van der Waals surface area (Å²) in [5.41, 5.74) is -1.53. The van der Waals surface area contributed by atoms with Crippen LogP contribution in [0.15, 0.2) is 15.9 Å². The second-order valence-corrected chi connectivity index (χ2v) is 10.9. The largest absolute Gasteiger partial charge is 0.444 e. The fourth-order valence-electron chi connectivity index (χ4n) is 4.17. The van der Waals surface area contributed by atoms with Crippen molar-refractivity contribution in [2.75, 3.05) is 26.2 Å². The number of thiophene rings is 1. The second kappa shape index (κ2) is 8.94. The van der Waals surface area contributed by atoms with Gasteiger partial charge in [-0.3, -0.25) is 4.79 Å². The Hall–Kier alpha value is -1.12. The van der Waals surface area contributed by atoms with Crippen molar-refractivity contribution < 1.29 is 19.4 Å². The third-order valence-corrected chi connectivity index (χ3v) is 7.38. The number of nitrogens with zero attached hydrogens (tertiary/aromatic N) is 2. The maximum Gasteiger partial charge on any atom is 0.410 e. The zero-order valence-electron chi connectivity index (χ0n) is 17.4. The zero-order chi connectivity index (χ0) is 21.2. The number of aliphatic hydroxyl groups is 1. The third-order valence-electron chi connectivity index (χ3n) is 5.62. The Bertz CT molecular complexity index is 731. The SMILES string of the molecule is CC(C)(C)OC(=O)N1CCN(C(=O)C(c2cc(Br)cs2)C2(O)CCCCC2)CC1. The smallest absolute Gasteiger partial charge is 0.410 e. The standard InChI is InChI=1S/C21H31BrN2O4S/c1-20(2,3)28-19(26)24-11-9-23(10-12-24)18(25)17(16-13-15(22)14-29-16)21(27)7-5-4-6-8-21/h13-14,17,27H,4-12H2,1-3H3. The van der Waals surface area contributed by atoms with Crippen LogP contribution < -0.4 is 0 Å². The average Bonchev–Trinajstić information content (AvgIpc) is 3.06. The number of rotatable bonds is 3. The molecular formula is C21H31BrN2O4S. The maximum absolute atomic E-state index is 13.5. The van der Waals surface area contributed by atoms with Gasteiger partial charge in [-0.2, -0.15) is 0 Å². The van der Waals surface area contributed by atoms with Crippen LogP contribution in [0.4, 0.5) is 4.79 Å². The van der Waals surface area contributed by atoms with Gasteiger partial charge in [0.05, 0.1) is 5.60 Å². The molecule has 8 heteroatoms. The van der Waals surface area contributed by atoms with Crippen LogP contribution in [0, 0.1) is 0 Å². The molecule has 2 fully saturated rings. The molecule has 2 aliphatic rings. The lowest BCUT2D eigenvalue weighted by Gasteiger charge is -2.42. The first-order chi connectivity index (χ1) is 13.6. The molecule has 1 aliphatic carbocycles. The summed E-state index contributed by atoms with van der Waals surface area (Å²) >= 11 is 5.00. The van der Waals surface area contributed by atoms with E-state index in [0.29, 0.717) is 39.0 Å². The van der Waals surface area contributed by atoms with Crippen LogP contribution in [-0.2, 0) is 9.53 Å². The van der Waals surface area contributed by atoms with Gasteiger partial charge in [-0.25, -0.2) is 4.79 Å². The molecule has 1 aliphatic heterocycles. The molecule has 1 N–H and O–H groups in total. The number of carbonyl (C=O) groups is 2. The van der Waals surface area contributed by atoms with Gasteiger partial charge in [0.1, 0.15) is 11.5 Å². The Labute approximate surface area is 185 Å². The first-order valence-electron chi connectivity index (χ1n) is 10.3. The van der Waals surface area contributed by atoms with Crippen molar-refractivity contribution in [1.82, 2.24) is 9.80 Å². The van der Waals surface area contributed by atoms with Gasteiger partial charge >= 0.3 is 6.09 Å². The molecule has 1 saturated carbocycles. The molecular weight excluding hydrogens is 456 g/mol. The van der Waals surface area contributed by atoms with Gasteiger partial charge < -0.3 is 19.6 Å². The van der Waals surface area contributed by atoms with Crippen molar-refractivity contribution in [3.05, 3.63) is 20.8 Å². The van der Waals surface area contributed by atoms with Crippen LogP contribution in [0.3, 0.4) is 0 Å². The number of hydrogen-bond donors (Lipinski definition) is 1. The lowest BCUT2D eigenvalue weighted by Crippen LogP contribution is -2.55. The summed E-state index contributed by atoms with van der Waals surface area (Å²) in [4.78, 5) is 30.2. The van der Waals surface area contributed by atoms with Gasteiger partial charge in [0.25, 0.3) is 0 Å². The van der Waals surface area contributed by atoms with E-state index in [2.05, 4.69) is 15.9 Å². The Morgan fingerprint density at radius 2 is 1.72 bits per heavy atom. The predicted molar refractivity (Wildman–Crippen MR) is 117 cm³/mol. The highest BCUT2D eigenvalue weighted by Crippen LogP contribution is 2.43. The molecule has 6 nitrogen and oxygen atoms in total. The van der Waals surface area contributed by atoms with Crippen LogP contribution >= 0.6 is 27.3 Å². The first-order valence-corrected chi connectivity index (χ1v) is 12.0. The van der Waals surface area contributed by atoms with Gasteiger partial charge in [-0.1, -0.05) is 19.3 Å². The van der Waals surface area contributed by atoms with Gasteiger partial charge in [0, 0.05) is 40.9 Å². The average molecular weight is 487 g/mol. The van der Waals surface area contributed by atoms with E-state index in [-0.39, 0.29) is 12.0 Å². The first kappa shape index (κ1) is 22.6. The van der Waals surface area contributed by atoms with E-state index in [9.17, 15) is 14.7 Å². The van der Waals surface area contributed by atoms with E-state index in [4.69, 9.17) is 4.74 Å².